The molecule has 0 aliphatic heterocycles. The summed E-state index contributed by atoms with van der Waals surface area (Å²) in [7, 11) is 0. The van der Waals surface area contributed by atoms with E-state index in [2.05, 4.69) is 10.6 Å². The van der Waals surface area contributed by atoms with E-state index in [0.29, 0.717) is 6.42 Å². The highest BCUT2D eigenvalue weighted by molar-refractivity contribution is 5.77. The fourth-order valence-corrected chi connectivity index (χ4v) is 2.07. The third kappa shape index (κ3) is 3.72. The van der Waals surface area contributed by atoms with Crippen LogP contribution in [0.5, 0.6) is 0 Å². The van der Waals surface area contributed by atoms with Gasteiger partial charge < -0.3 is 15.7 Å². The third-order valence-electron chi connectivity index (χ3n) is 2.82. The highest BCUT2D eigenvalue weighted by Gasteiger charge is 2.31. The Labute approximate surface area is 95.6 Å². The van der Waals surface area contributed by atoms with Crippen molar-refractivity contribution in [3.63, 3.8) is 0 Å². The minimum absolute atomic E-state index is 0.0619. The lowest BCUT2D eigenvalue weighted by atomic mass is 9.84. The molecular weight excluding hydrogens is 208 g/mol. The SMILES string of the molecule is CC(C)NC(=O)NC1CCCCC1C(=O)O. The number of carboxylic acids is 1. The van der Waals surface area contributed by atoms with Gasteiger partial charge in [0.05, 0.1) is 5.92 Å². The van der Waals surface area contributed by atoms with Crippen molar-refractivity contribution in [3.8, 4) is 0 Å². The topological polar surface area (TPSA) is 78.4 Å². The number of hydrogen-bond acceptors (Lipinski definition) is 2. The Morgan fingerprint density at radius 2 is 1.88 bits per heavy atom. The number of carboxylic acid groups (broad SMARTS) is 1. The Balaban J connectivity index is 2.49. The van der Waals surface area contributed by atoms with Crippen molar-refractivity contribution in [2.24, 2.45) is 5.92 Å². The van der Waals surface area contributed by atoms with Crippen LogP contribution in [0.4, 0.5) is 4.79 Å². The van der Waals surface area contributed by atoms with Gasteiger partial charge in [0.1, 0.15) is 0 Å². The van der Waals surface area contributed by atoms with Gasteiger partial charge in [0.15, 0.2) is 0 Å². The molecule has 0 spiro atoms. The van der Waals surface area contributed by atoms with Crippen molar-refractivity contribution in [2.75, 3.05) is 0 Å². The minimum atomic E-state index is -0.811. The van der Waals surface area contributed by atoms with Gasteiger partial charge in [0.25, 0.3) is 0 Å². The number of urea groups is 1. The maximum atomic E-state index is 11.5. The molecule has 0 aromatic heterocycles. The monoisotopic (exact) mass is 228 g/mol. The van der Waals surface area contributed by atoms with Gasteiger partial charge in [0, 0.05) is 12.1 Å². The van der Waals surface area contributed by atoms with Gasteiger partial charge in [-0.05, 0) is 26.7 Å². The lowest BCUT2D eigenvalue weighted by molar-refractivity contribution is -0.143. The standard InChI is InChI=1S/C11H20N2O3/c1-7(2)12-11(16)13-9-6-4-3-5-8(9)10(14)15/h7-9H,3-6H2,1-2H3,(H,14,15)(H2,12,13,16). The quantitative estimate of drug-likeness (QED) is 0.682. The average Bonchev–Trinajstić information content (AvgIpc) is 2.16. The number of aliphatic carboxylic acids is 1. The van der Waals surface area contributed by atoms with Crippen molar-refractivity contribution in [3.05, 3.63) is 0 Å². The summed E-state index contributed by atoms with van der Waals surface area (Å²) in [5, 5.41) is 14.5. The predicted octanol–water partition coefficient (Wildman–Crippen LogP) is 1.34. The Hall–Kier alpha value is -1.26. The maximum absolute atomic E-state index is 11.5. The summed E-state index contributed by atoms with van der Waals surface area (Å²) in [6.07, 6.45) is 3.32. The van der Waals surface area contributed by atoms with Gasteiger partial charge in [-0.3, -0.25) is 4.79 Å². The van der Waals surface area contributed by atoms with E-state index in [9.17, 15) is 9.59 Å². The number of nitrogens with one attached hydrogen (secondary N) is 2. The molecule has 1 aliphatic rings. The normalized spacial score (nSPS) is 25.2. The first-order valence-electron chi connectivity index (χ1n) is 5.80. The smallest absolute Gasteiger partial charge is 0.315 e. The number of carbonyl (C=O) groups excluding carboxylic acids is 1. The average molecular weight is 228 g/mol. The van der Waals surface area contributed by atoms with Crippen molar-refractivity contribution in [1.29, 1.82) is 0 Å². The first kappa shape index (κ1) is 12.8. The van der Waals surface area contributed by atoms with Crippen LogP contribution < -0.4 is 10.6 Å². The van der Waals surface area contributed by atoms with E-state index in [4.69, 9.17) is 5.11 Å². The molecule has 2 amide bonds. The molecule has 1 rings (SSSR count). The first-order valence-corrected chi connectivity index (χ1v) is 5.80. The molecule has 0 radical (unpaired) electrons. The Kier molecular flexibility index (Phi) is 4.58. The van der Waals surface area contributed by atoms with Crippen LogP contribution in [0.2, 0.25) is 0 Å². The summed E-state index contributed by atoms with van der Waals surface area (Å²) in [6, 6.07) is -0.440. The summed E-state index contributed by atoms with van der Waals surface area (Å²) in [5.41, 5.74) is 0. The Morgan fingerprint density at radius 3 is 2.44 bits per heavy atom. The van der Waals surface area contributed by atoms with Crippen LogP contribution in [-0.2, 0) is 4.79 Å². The Bertz CT molecular complexity index is 266. The van der Waals surface area contributed by atoms with Crippen LogP contribution >= 0.6 is 0 Å². The van der Waals surface area contributed by atoms with Gasteiger partial charge in [0.2, 0.25) is 0 Å². The van der Waals surface area contributed by atoms with Gasteiger partial charge in [-0.1, -0.05) is 12.8 Å². The van der Waals surface area contributed by atoms with Gasteiger partial charge >= 0.3 is 12.0 Å². The second kappa shape index (κ2) is 5.72. The fourth-order valence-electron chi connectivity index (χ4n) is 2.07. The summed E-state index contributed by atoms with van der Waals surface area (Å²) >= 11 is 0. The number of rotatable bonds is 3. The van der Waals surface area contributed by atoms with Crippen LogP contribution in [0.1, 0.15) is 39.5 Å². The molecule has 0 aromatic carbocycles. The molecule has 5 heteroatoms. The lowest BCUT2D eigenvalue weighted by Crippen LogP contribution is -2.50. The minimum Gasteiger partial charge on any atom is -0.481 e. The van der Waals surface area contributed by atoms with Gasteiger partial charge in [-0.25, -0.2) is 4.79 Å². The third-order valence-corrected chi connectivity index (χ3v) is 2.82. The van der Waals surface area contributed by atoms with Crippen molar-refractivity contribution >= 4 is 12.0 Å². The molecule has 1 aliphatic carbocycles. The molecular formula is C11H20N2O3. The van der Waals surface area contributed by atoms with E-state index >= 15 is 0 Å². The van der Waals surface area contributed by atoms with E-state index in [1.165, 1.54) is 0 Å². The largest absolute Gasteiger partial charge is 0.481 e. The van der Waals surface area contributed by atoms with Crippen LogP contribution in [-0.4, -0.2) is 29.2 Å². The zero-order chi connectivity index (χ0) is 12.1. The van der Waals surface area contributed by atoms with Gasteiger partial charge in [-0.2, -0.15) is 0 Å². The van der Waals surface area contributed by atoms with Crippen LogP contribution in [0.3, 0.4) is 0 Å². The second-order valence-electron chi connectivity index (χ2n) is 4.61. The zero-order valence-electron chi connectivity index (χ0n) is 9.82. The molecule has 2 atom stereocenters. The predicted molar refractivity (Wildman–Crippen MR) is 60.2 cm³/mol. The number of hydrogen-bond donors (Lipinski definition) is 3. The van der Waals surface area contributed by atoms with E-state index in [1.807, 2.05) is 13.8 Å². The van der Waals surface area contributed by atoms with E-state index in [0.717, 1.165) is 19.3 Å². The number of carbonyl (C=O) groups is 2. The Morgan fingerprint density at radius 1 is 1.25 bits per heavy atom. The molecule has 3 N–H and O–H groups in total. The summed E-state index contributed by atoms with van der Waals surface area (Å²) in [5.74, 6) is -1.25. The molecule has 16 heavy (non-hydrogen) atoms. The molecule has 0 bridgehead atoms. The second-order valence-corrected chi connectivity index (χ2v) is 4.61. The summed E-state index contributed by atoms with van der Waals surface area (Å²) < 4.78 is 0. The van der Waals surface area contributed by atoms with Crippen LogP contribution in [0, 0.1) is 5.92 Å². The molecule has 5 nitrogen and oxygen atoms in total. The lowest BCUT2D eigenvalue weighted by Gasteiger charge is -2.29. The van der Waals surface area contributed by atoms with E-state index in [1.54, 1.807) is 0 Å². The van der Waals surface area contributed by atoms with Crippen molar-refractivity contribution < 1.29 is 14.7 Å². The first-order chi connectivity index (χ1) is 7.50. The van der Waals surface area contributed by atoms with Crippen molar-refractivity contribution in [1.82, 2.24) is 10.6 Å². The summed E-state index contributed by atoms with van der Waals surface area (Å²) in [6.45, 7) is 3.74. The molecule has 92 valence electrons. The van der Waals surface area contributed by atoms with Crippen LogP contribution in [0.15, 0.2) is 0 Å². The highest BCUT2D eigenvalue weighted by Crippen LogP contribution is 2.24. The maximum Gasteiger partial charge on any atom is 0.315 e. The highest BCUT2D eigenvalue weighted by atomic mass is 16.4. The van der Waals surface area contributed by atoms with E-state index in [-0.39, 0.29) is 18.1 Å². The van der Waals surface area contributed by atoms with Crippen LogP contribution in [0.25, 0.3) is 0 Å². The van der Waals surface area contributed by atoms with Gasteiger partial charge in [-0.15, -0.1) is 0 Å². The van der Waals surface area contributed by atoms with Crippen molar-refractivity contribution in [2.45, 2.75) is 51.6 Å². The molecule has 1 fully saturated rings. The zero-order valence-corrected chi connectivity index (χ0v) is 9.82. The van der Waals surface area contributed by atoms with E-state index < -0.39 is 11.9 Å². The molecule has 0 aromatic rings. The molecule has 1 saturated carbocycles. The molecule has 2 unspecified atom stereocenters. The molecule has 0 saturated heterocycles. The summed E-state index contributed by atoms with van der Waals surface area (Å²) in [4.78, 5) is 22.5. The fraction of sp³-hybridized carbons (Fsp3) is 0.818. The molecule has 0 heterocycles. The number of amides is 2.